The van der Waals surface area contributed by atoms with Crippen LogP contribution in [0.25, 0.3) is 0 Å². The predicted molar refractivity (Wildman–Crippen MR) is 88.5 cm³/mol. The fourth-order valence-electron chi connectivity index (χ4n) is 2.72. The van der Waals surface area contributed by atoms with E-state index >= 15 is 0 Å². The summed E-state index contributed by atoms with van der Waals surface area (Å²) < 4.78 is 387. The Balaban J connectivity index is 7.82. The Hall–Kier alpha value is -1.68. The molecule has 0 heterocycles. The molecule has 0 aromatic carbocycles. The molecule has 0 amide bonds. The molecule has 1 atom stereocenters. The molecule has 0 aliphatic rings. The van der Waals surface area contributed by atoms with Crippen LogP contribution in [0.15, 0.2) is 0 Å². The monoisotopic (exact) mass is 780 g/mol. The van der Waals surface area contributed by atoms with Crippen LogP contribution in [0.1, 0.15) is 6.92 Å². The molecule has 0 fully saturated rings. The van der Waals surface area contributed by atoms with Crippen LogP contribution in [0.3, 0.4) is 0 Å². The molecule has 0 aromatic rings. The van der Waals surface area contributed by atoms with Crippen molar-refractivity contribution in [1.29, 1.82) is 0 Å². The second-order valence-electron chi connectivity index (χ2n) is 8.34. The summed E-state index contributed by atoms with van der Waals surface area (Å²) >= 11 is -2.94. The van der Waals surface area contributed by atoms with E-state index in [1.165, 1.54) is 0 Å². The zero-order chi connectivity index (χ0) is 38.4. The Morgan fingerprint density at radius 3 is 0.565 bits per heavy atom. The van der Waals surface area contributed by atoms with Crippen molar-refractivity contribution in [3.05, 3.63) is 0 Å². The van der Waals surface area contributed by atoms with Gasteiger partial charge in [0.1, 0.15) is 0 Å². The lowest BCUT2D eigenvalue weighted by Gasteiger charge is -2.48. The third kappa shape index (κ3) is 5.08. The van der Waals surface area contributed by atoms with Crippen molar-refractivity contribution in [2.24, 2.45) is 0 Å². The van der Waals surface area contributed by atoms with Crippen molar-refractivity contribution in [1.82, 2.24) is 0 Å². The van der Waals surface area contributed by atoms with E-state index in [2.05, 4.69) is 0 Å². The van der Waals surface area contributed by atoms with E-state index in [1.54, 1.807) is 0 Å². The quantitative estimate of drug-likeness (QED) is 0.168. The molecule has 1 unspecified atom stereocenters. The van der Waals surface area contributed by atoms with Gasteiger partial charge in [-0.25, -0.2) is 4.39 Å². The first-order valence-electron chi connectivity index (χ1n) is 9.93. The standard InChI is InChI=1S/C16H5F29S/c1-2-46-14(39,11(33,34)7(25,26)9(29,30)13(37,38)16(43,44)45)10(31,32)6(23,24)4(19,20)3(17,18)5(21,22)8(27,28)12(35,36)15(40,41)42/h2H2,1H3. The second kappa shape index (κ2) is 10.9. The Kier molecular flexibility index (Phi) is 10.5. The summed E-state index contributed by atoms with van der Waals surface area (Å²) in [5.74, 6) is -104. The lowest BCUT2D eigenvalue weighted by Crippen LogP contribution is -2.79. The van der Waals surface area contributed by atoms with Gasteiger partial charge in [-0.15, -0.1) is 11.8 Å². The molecule has 0 aromatic heterocycles. The van der Waals surface area contributed by atoms with Crippen LogP contribution in [-0.2, 0) is 0 Å². The van der Waals surface area contributed by atoms with Gasteiger partial charge in [0.15, 0.2) is 0 Å². The highest BCUT2D eigenvalue weighted by Gasteiger charge is 3.00. The van der Waals surface area contributed by atoms with Crippen molar-refractivity contribution in [2.45, 2.75) is 89.4 Å². The Morgan fingerprint density at radius 1 is 0.261 bits per heavy atom. The van der Waals surface area contributed by atoms with Crippen LogP contribution in [0.4, 0.5) is 127 Å². The maximum absolute atomic E-state index is 14.8. The zero-order valence-corrected chi connectivity index (χ0v) is 20.9. The first-order chi connectivity index (χ1) is 19.3. The van der Waals surface area contributed by atoms with Crippen LogP contribution < -0.4 is 0 Å². The van der Waals surface area contributed by atoms with Crippen molar-refractivity contribution in [3.8, 4) is 0 Å². The van der Waals surface area contributed by atoms with E-state index < -0.39 is 100 Å². The van der Waals surface area contributed by atoms with Gasteiger partial charge in [-0.3, -0.25) is 0 Å². The van der Waals surface area contributed by atoms with E-state index in [0.717, 1.165) is 0 Å². The zero-order valence-electron chi connectivity index (χ0n) is 20.1. The highest BCUT2D eigenvalue weighted by Crippen LogP contribution is 2.70. The molecule has 0 aliphatic carbocycles. The van der Waals surface area contributed by atoms with Gasteiger partial charge in [0.25, 0.3) is 5.00 Å². The molecule has 0 radical (unpaired) electrons. The lowest BCUT2D eigenvalue weighted by atomic mass is 9.84. The number of rotatable bonds is 13. The summed E-state index contributed by atoms with van der Waals surface area (Å²) in [6.07, 6.45) is -16.4. The minimum absolute atomic E-state index is 0.273. The molecule has 0 spiro atoms. The SMILES string of the molecule is CCSC(F)(C(F)(F)C(F)(F)C(F)(F)C(F)(F)C(F)(F)F)C(F)(F)C(F)(F)C(F)(F)C(F)(F)C(F)(F)C(F)(F)C(F)(F)C(F)(F)F. The molecule has 0 rings (SSSR count). The van der Waals surface area contributed by atoms with E-state index in [-0.39, 0.29) is 6.92 Å². The molecule has 0 saturated carbocycles. The van der Waals surface area contributed by atoms with E-state index in [9.17, 15) is 127 Å². The van der Waals surface area contributed by atoms with Crippen molar-refractivity contribution in [2.75, 3.05) is 5.75 Å². The minimum Gasteiger partial charge on any atom is -0.218 e. The molecule has 0 bridgehead atoms. The van der Waals surface area contributed by atoms with Gasteiger partial charge < -0.3 is 0 Å². The third-order valence-corrected chi connectivity index (χ3v) is 6.61. The van der Waals surface area contributed by atoms with E-state index in [1.807, 2.05) is 0 Å². The van der Waals surface area contributed by atoms with Crippen molar-refractivity contribution in [3.63, 3.8) is 0 Å². The summed E-state index contributed by atoms with van der Waals surface area (Å²) in [4.78, 5) is 0. The topological polar surface area (TPSA) is 0 Å². The van der Waals surface area contributed by atoms with Crippen LogP contribution in [0, 0.1) is 0 Å². The third-order valence-electron chi connectivity index (χ3n) is 5.41. The normalized spacial score (nSPS) is 18.1. The van der Waals surface area contributed by atoms with Gasteiger partial charge in [0.05, 0.1) is 0 Å². The second-order valence-corrected chi connectivity index (χ2v) is 9.77. The van der Waals surface area contributed by atoms with Crippen LogP contribution in [0.5, 0.6) is 0 Å². The van der Waals surface area contributed by atoms with Gasteiger partial charge in [0, 0.05) is 0 Å². The van der Waals surface area contributed by atoms with Gasteiger partial charge in [0.2, 0.25) is 0 Å². The molecule has 0 N–H and O–H groups in total. The average Bonchev–Trinajstić information content (AvgIpc) is 2.81. The van der Waals surface area contributed by atoms with Gasteiger partial charge in [-0.1, -0.05) is 6.92 Å². The van der Waals surface area contributed by atoms with Crippen LogP contribution in [0.2, 0.25) is 0 Å². The van der Waals surface area contributed by atoms with Gasteiger partial charge in [-0.2, -0.15) is 123 Å². The largest absolute Gasteiger partial charge is 0.460 e. The van der Waals surface area contributed by atoms with Crippen molar-refractivity contribution >= 4 is 11.8 Å². The highest BCUT2D eigenvalue weighted by atomic mass is 32.2. The number of thioether (sulfide) groups is 1. The molecule has 46 heavy (non-hydrogen) atoms. The summed E-state index contributed by atoms with van der Waals surface area (Å²) in [6, 6.07) is 0. The number of hydrogen-bond acceptors (Lipinski definition) is 1. The summed E-state index contributed by atoms with van der Waals surface area (Å²) in [6.45, 7) is -0.273. The molecular formula is C16H5F29S. The van der Waals surface area contributed by atoms with Crippen molar-refractivity contribution < 1.29 is 127 Å². The molecule has 0 saturated heterocycles. The van der Waals surface area contributed by atoms with Crippen LogP contribution >= 0.6 is 11.8 Å². The smallest absolute Gasteiger partial charge is 0.218 e. The average molecular weight is 780 g/mol. The summed E-state index contributed by atoms with van der Waals surface area (Å²) in [7, 11) is 0. The minimum atomic E-state index is -9.69. The first kappa shape index (κ1) is 44.3. The lowest BCUT2D eigenvalue weighted by molar-refractivity contribution is -0.471. The number of halogens is 29. The van der Waals surface area contributed by atoms with Gasteiger partial charge in [-0.05, 0) is 5.75 Å². The fraction of sp³-hybridized carbons (Fsp3) is 1.00. The predicted octanol–water partition coefficient (Wildman–Crippen LogP) is 10.5. The Morgan fingerprint density at radius 2 is 0.413 bits per heavy atom. The Labute approximate surface area is 235 Å². The molecule has 30 heteroatoms. The number of alkyl halides is 29. The molecule has 0 nitrogen and oxygen atoms in total. The fourth-order valence-corrected chi connectivity index (χ4v) is 3.73. The molecule has 278 valence electrons. The number of hydrogen-bond donors (Lipinski definition) is 0. The van der Waals surface area contributed by atoms with E-state index in [4.69, 9.17) is 0 Å². The highest BCUT2D eigenvalue weighted by molar-refractivity contribution is 8.00. The maximum atomic E-state index is 14.8. The summed E-state index contributed by atoms with van der Waals surface area (Å²) in [5.41, 5.74) is 0. The first-order valence-corrected chi connectivity index (χ1v) is 10.9. The molecular weight excluding hydrogens is 775 g/mol. The van der Waals surface area contributed by atoms with Gasteiger partial charge >= 0.3 is 77.5 Å². The molecule has 0 aliphatic heterocycles. The summed E-state index contributed by atoms with van der Waals surface area (Å²) in [5, 5.41) is -8.44. The van der Waals surface area contributed by atoms with E-state index in [0.29, 0.717) is 0 Å². The van der Waals surface area contributed by atoms with Crippen LogP contribution in [-0.4, -0.2) is 88.3 Å². The maximum Gasteiger partial charge on any atom is 0.460 e. The Bertz CT molecular complexity index is 1090.